The first-order valence-electron chi connectivity index (χ1n) is 8.22. The highest BCUT2D eigenvalue weighted by Gasteiger charge is 2.27. The van der Waals surface area contributed by atoms with Gasteiger partial charge in [0.25, 0.3) is 0 Å². The summed E-state index contributed by atoms with van der Waals surface area (Å²) in [6, 6.07) is 4.04. The van der Waals surface area contributed by atoms with E-state index >= 15 is 0 Å². The molecule has 1 aliphatic rings. The van der Waals surface area contributed by atoms with Crippen LogP contribution in [0.1, 0.15) is 70.6 Å². The van der Waals surface area contributed by atoms with Crippen molar-refractivity contribution in [2.24, 2.45) is 17.3 Å². The van der Waals surface area contributed by atoms with E-state index in [0.717, 1.165) is 12.0 Å². The standard InChI is InChI=1S/C20H30O/c1-13(2)18(12-20(4,5)6)15-9-10-19(21)16-8-7-14(3)11-17(15)16/h7-10,13-14,18,21H,11-12H2,1-6H3. The van der Waals surface area contributed by atoms with Crippen molar-refractivity contribution in [1.82, 2.24) is 0 Å². The average Bonchev–Trinajstić information content (AvgIpc) is 2.35. The Labute approximate surface area is 130 Å². The summed E-state index contributed by atoms with van der Waals surface area (Å²) in [7, 11) is 0. The second kappa shape index (κ2) is 5.87. The van der Waals surface area contributed by atoms with Gasteiger partial charge in [-0.3, -0.25) is 0 Å². The Morgan fingerprint density at radius 3 is 2.48 bits per heavy atom. The highest BCUT2D eigenvalue weighted by Crippen LogP contribution is 2.42. The summed E-state index contributed by atoms with van der Waals surface area (Å²) in [5.74, 6) is 2.15. The molecule has 1 aromatic carbocycles. The Hall–Kier alpha value is -1.24. The van der Waals surface area contributed by atoms with E-state index in [1.165, 1.54) is 17.5 Å². The van der Waals surface area contributed by atoms with Crippen molar-refractivity contribution in [3.8, 4) is 5.75 Å². The van der Waals surface area contributed by atoms with Gasteiger partial charge in [-0.1, -0.05) is 59.8 Å². The molecule has 21 heavy (non-hydrogen) atoms. The third kappa shape index (κ3) is 3.70. The fourth-order valence-corrected chi connectivity index (χ4v) is 3.45. The number of phenols is 1. The number of benzene rings is 1. The molecule has 0 saturated heterocycles. The molecule has 0 heterocycles. The molecule has 0 aliphatic heterocycles. The van der Waals surface area contributed by atoms with E-state index in [-0.39, 0.29) is 0 Å². The number of rotatable bonds is 3. The molecule has 0 saturated carbocycles. The lowest BCUT2D eigenvalue weighted by Gasteiger charge is -2.32. The van der Waals surface area contributed by atoms with Crippen molar-refractivity contribution in [1.29, 1.82) is 0 Å². The first-order chi connectivity index (χ1) is 9.69. The zero-order valence-corrected chi connectivity index (χ0v) is 14.4. The van der Waals surface area contributed by atoms with Crippen LogP contribution in [0.3, 0.4) is 0 Å². The molecular weight excluding hydrogens is 256 g/mol. The summed E-state index contributed by atoms with van der Waals surface area (Å²) in [4.78, 5) is 0. The molecule has 1 heteroatoms. The highest BCUT2D eigenvalue weighted by atomic mass is 16.3. The van der Waals surface area contributed by atoms with E-state index in [4.69, 9.17) is 0 Å². The summed E-state index contributed by atoms with van der Waals surface area (Å²) in [6.07, 6.45) is 6.54. The van der Waals surface area contributed by atoms with Gasteiger partial charge in [-0.05, 0) is 53.2 Å². The van der Waals surface area contributed by atoms with Crippen LogP contribution in [0.15, 0.2) is 18.2 Å². The minimum absolute atomic E-state index is 0.315. The van der Waals surface area contributed by atoms with Crippen LogP contribution in [0.5, 0.6) is 5.75 Å². The molecule has 0 bridgehead atoms. The van der Waals surface area contributed by atoms with Crippen LogP contribution < -0.4 is 0 Å². The van der Waals surface area contributed by atoms with Gasteiger partial charge in [-0.15, -0.1) is 0 Å². The fourth-order valence-electron chi connectivity index (χ4n) is 3.45. The Morgan fingerprint density at radius 2 is 1.90 bits per heavy atom. The van der Waals surface area contributed by atoms with Crippen molar-refractivity contribution >= 4 is 6.08 Å². The number of allylic oxidation sites excluding steroid dienone is 1. The number of hydrogen-bond acceptors (Lipinski definition) is 1. The minimum Gasteiger partial charge on any atom is -0.507 e. The van der Waals surface area contributed by atoms with Crippen LogP contribution in [-0.4, -0.2) is 5.11 Å². The van der Waals surface area contributed by atoms with Crippen LogP contribution in [-0.2, 0) is 6.42 Å². The van der Waals surface area contributed by atoms with E-state index in [1.807, 2.05) is 6.07 Å². The molecule has 0 fully saturated rings. The van der Waals surface area contributed by atoms with Crippen LogP contribution in [0.2, 0.25) is 0 Å². The van der Waals surface area contributed by atoms with Gasteiger partial charge in [0.05, 0.1) is 0 Å². The van der Waals surface area contributed by atoms with E-state index in [9.17, 15) is 5.11 Å². The first kappa shape index (κ1) is 16.1. The summed E-state index contributed by atoms with van der Waals surface area (Å²) in [5.41, 5.74) is 4.18. The second-order valence-corrected chi connectivity index (χ2v) is 8.22. The average molecular weight is 286 g/mol. The predicted molar refractivity (Wildman–Crippen MR) is 91.7 cm³/mol. The molecule has 2 atom stereocenters. The van der Waals surface area contributed by atoms with Gasteiger partial charge in [0.1, 0.15) is 5.75 Å². The molecule has 2 unspecified atom stereocenters. The Balaban J connectivity index is 2.49. The summed E-state index contributed by atoms with van der Waals surface area (Å²) in [6.45, 7) is 13.8. The summed E-state index contributed by atoms with van der Waals surface area (Å²) >= 11 is 0. The minimum atomic E-state index is 0.315. The molecule has 0 aromatic heterocycles. The van der Waals surface area contributed by atoms with Crippen molar-refractivity contribution in [2.75, 3.05) is 0 Å². The van der Waals surface area contributed by atoms with E-state index < -0.39 is 0 Å². The lowest BCUT2D eigenvalue weighted by molar-refractivity contribution is 0.299. The quantitative estimate of drug-likeness (QED) is 0.747. The Kier molecular flexibility index (Phi) is 4.51. The molecular formula is C20H30O. The van der Waals surface area contributed by atoms with Gasteiger partial charge in [0.15, 0.2) is 0 Å². The number of phenolic OH excluding ortho intramolecular Hbond substituents is 1. The lowest BCUT2D eigenvalue weighted by Crippen LogP contribution is -2.19. The largest absolute Gasteiger partial charge is 0.507 e. The monoisotopic (exact) mass is 286 g/mol. The second-order valence-electron chi connectivity index (χ2n) is 8.22. The number of hydrogen-bond donors (Lipinski definition) is 1. The van der Waals surface area contributed by atoms with Crippen LogP contribution in [0, 0.1) is 17.3 Å². The van der Waals surface area contributed by atoms with E-state index in [0.29, 0.717) is 28.9 Å². The van der Waals surface area contributed by atoms with Gasteiger partial charge < -0.3 is 5.11 Å². The Bertz CT molecular complexity index is 532. The molecule has 0 amide bonds. The highest BCUT2D eigenvalue weighted by molar-refractivity contribution is 5.65. The fraction of sp³-hybridized carbons (Fsp3) is 0.600. The molecule has 0 spiro atoms. The topological polar surface area (TPSA) is 20.2 Å². The number of aromatic hydroxyl groups is 1. The van der Waals surface area contributed by atoms with Gasteiger partial charge in [-0.25, -0.2) is 0 Å². The first-order valence-corrected chi connectivity index (χ1v) is 8.22. The molecule has 116 valence electrons. The van der Waals surface area contributed by atoms with Gasteiger partial charge in [0, 0.05) is 5.56 Å². The third-order valence-corrected chi connectivity index (χ3v) is 4.52. The Morgan fingerprint density at radius 1 is 1.24 bits per heavy atom. The normalized spacial score (nSPS) is 19.7. The molecule has 1 aliphatic carbocycles. The van der Waals surface area contributed by atoms with Crippen LogP contribution >= 0.6 is 0 Å². The van der Waals surface area contributed by atoms with E-state index in [2.05, 4.69) is 59.8 Å². The summed E-state index contributed by atoms with van der Waals surface area (Å²) in [5, 5.41) is 10.2. The van der Waals surface area contributed by atoms with Crippen LogP contribution in [0.25, 0.3) is 6.08 Å². The molecule has 0 radical (unpaired) electrons. The molecule has 1 nitrogen and oxygen atoms in total. The van der Waals surface area contributed by atoms with Gasteiger partial charge >= 0.3 is 0 Å². The molecule has 1 N–H and O–H groups in total. The molecule has 2 rings (SSSR count). The predicted octanol–water partition coefficient (Wildman–Crippen LogP) is 5.77. The zero-order valence-electron chi connectivity index (χ0n) is 14.4. The lowest BCUT2D eigenvalue weighted by atomic mass is 9.73. The van der Waals surface area contributed by atoms with Crippen molar-refractivity contribution in [3.63, 3.8) is 0 Å². The summed E-state index contributed by atoms with van der Waals surface area (Å²) < 4.78 is 0. The maximum Gasteiger partial charge on any atom is 0.123 e. The van der Waals surface area contributed by atoms with Crippen molar-refractivity contribution in [2.45, 2.75) is 60.3 Å². The maximum atomic E-state index is 10.2. The van der Waals surface area contributed by atoms with Gasteiger partial charge in [-0.2, -0.15) is 0 Å². The maximum absolute atomic E-state index is 10.2. The SMILES string of the molecule is CC1C=Cc2c(O)ccc(C(CC(C)(C)C)C(C)C)c2C1. The van der Waals surface area contributed by atoms with Gasteiger partial charge in [0.2, 0.25) is 0 Å². The van der Waals surface area contributed by atoms with Crippen LogP contribution in [0.4, 0.5) is 0 Å². The smallest absolute Gasteiger partial charge is 0.123 e. The molecule has 1 aromatic rings. The number of fused-ring (bicyclic) bond motifs is 1. The van der Waals surface area contributed by atoms with Crippen molar-refractivity contribution in [3.05, 3.63) is 34.9 Å². The van der Waals surface area contributed by atoms with E-state index in [1.54, 1.807) is 0 Å². The zero-order chi connectivity index (χ0) is 15.8. The third-order valence-electron chi connectivity index (χ3n) is 4.52. The van der Waals surface area contributed by atoms with Crippen molar-refractivity contribution < 1.29 is 5.11 Å².